The van der Waals surface area contributed by atoms with Crippen LogP contribution >= 0.6 is 0 Å². The number of carbonyl (C=O) groups is 2. The van der Waals surface area contributed by atoms with Gasteiger partial charge in [-0.1, -0.05) is 48.5 Å². The van der Waals surface area contributed by atoms with Crippen molar-refractivity contribution in [1.82, 2.24) is 0 Å². The second-order valence-electron chi connectivity index (χ2n) is 11.9. The molecule has 3 atom stereocenters. The summed E-state index contributed by atoms with van der Waals surface area (Å²) >= 11 is 0. The topological polar surface area (TPSA) is 83.4 Å². The van der Waals surface area contributed by atoms with E-state index >= 15 is 0 Å². The van der Waals surface area contributed by atoms with Crippen molar-refractivity contribution in [1.29, 1.82) is 0 Å². The fourth-order valence-electron chi connectivity index (χ4n) is 6.85. The van der Waals surface area contributed by atoms with Crippen molar-refractivity contribution in [3.63, 3.8) is 0 Å². The van der Waals surface area contributed by atoms with Crippen molar-refractivity contribution >= 4 is 17.5 Å². The zero-order valence-electron chi connectivity index (χ0n) is 25.6. The fraction of sp³-hybridized carbons (Fsp3) is 0.378. The number of esters is 1. The summed E-state index contributed by atoms with van der Waals surface area (Å²) in [7, 11) is 3.21. The molecule has 2 aliphatic carbocycles. The molecule has 0 aromatic heterocycles. The van der Waals surface area contributed by atoms with E-state index in [1.54, 1.807) is 14.2 Å². The van der Waals surface area contributed by atoms with E-state index in [1.165, 1.54) is 0 Å². The van der Waals surface area contributed by atoms with E-state index in [-0.39, 0.29) is 23.8 Å². The SMILES string of the molecule is COc1ccc([C@H]2CC(=O)C3=C(C2)N=C(C)C(C(=O)OC2CCCC2)[C@@H]3c2cccc(OCc3ccccc3)c2)cc1OC. The number of Topliss-reactive ketones (excluding diaryl/α,β-unsaturated/α-hetero) is 1. The third kappa shape index (κ3) is 6.14. The van der Waals surface area contributed by atoms with Crippen LogP contribution in [0.1, 0.15) is 74.0 Å². The summed E-state index contributed by atoms with van der Waals surface area (Å²) in [5.74, 6) is 0.393. The third-order valence-electron chi connectivity index (χ3n) is 9.07. The molecule has 1 heterocycles. The Labute approximate surface area is 258 Å². The van der Waals surface area contributed by atoms with E-state index in [0.717, 1.165) is 48.1 Å². The first-order valence-corrected chi connectivity index (χ1v) is 15.5. The van der Waals surface area contributed by atoms with Crippen LogP contribution in [0.2, 0.25) is 0 Å². The fourth-order valence-corrected chi connectivity index (χ4v) is 6.85. The largest absolute Gasteiger partial charge is 0.493 e. The lowest BCUT2D eigenvalue weighted by atomic mass is 9.69. The van der Waals surface area contributed by atoms with Gasteiger partial charge in [0.25, 0.3) is 0 Å². The van der Waals surface area contributed by atoms with Gasteiger partial charge < -0.3 is 18.9 Å². The van der Waals surface area contributed by atoms with Gasteiger partial charge in [0.2, 0.25) is 0 Å². The molecule has 7 nitrogen and oxygen atoms in total. The number of ketones is 1. The van der Waals surface area contributed by atoms with Crippen LogP contribution in [0.4, 0.5) is 0 Å². The van der Waals surface area contributed by atoms with Crippen molar-refractivity contribution < 1.29 is 28.5 Å². The van der Waals surface area contributed by atoms with Gasteiger partial charge in [-0.3, -0.25) is 14.6 Å². The molecule has 0 N–H and O–H groups in total. The summed E-state index contributed by atoms with van der Waals surface area (Å²) in [5.41, 5.74) is 4.93. The highest BCUT2D eigenvalue weighted by Crippen LogP contribution is 2.48. The number of benzene rings is 3. The molecule has 1 aliphatic heterocycles. The van der Waals surface area contributed by atoms with E-state index in [2.05, 4.69) is 0 Å². The van der Waals surface area contributed by atoms with Gasteiger partial charge >= 0.3 is 5.97 Å². The van der Waals surface area contributed by atoms with Crippen LogP contribution in [-0.2, 0) is 20.9 Å². The molecule has 1 unspecified atom stereocenters. The lowest BCUT2D eigenvalue weighted by Gasteiger charge is -2.37. The molecule has 6 rings (SSSR count). The van der Waals surface area contributed by atoms with Gasteiger partial charge in [0.05, 0.1) is 14.2 Å². The molecule has 0 amide bonds. The third-order valence-corrected chi connectivity index (χ3v) is 9.07. The molecule has 0 bridgehead atoms. The average Bonchev–Trinajstić information content (AvgIpc) is 3.56. The molecule has 1 saturated carbocycles. The van der Waals surface area contributed by atoms with Crippen LogP contribution in [0.25, 0.3) is 0 Å². The number of carbonyl (C=O) groups excluding carboxylic acids is 2. The maximum absolute atomic E-state index is 14.1. The number of rotatable bonds is 9. The van der Waals surface area contributed by atoms with E-state index in [0.29, 0.717) is 48.0 Å². The molecular weight excluding hydrogens is 554 g/mol. The maximum atomic E-state index is 14.1. The molecule has 1 fully saturated rings. The molecule has 0 saturated heterocycles. The number of aliphatic imine (C=N–C) groups is 1. The first kappa shape index (κ1) is 29.7. The maximum Gasteiger partial charge on any atom is 0.315 e. The van der Waals surface area contributed by atoms with Crippen LogP contribution in [0.5, 0.6) is 17.2 Å². The van der Waals surface area contributed by atoms with E-state index in [1.807, 2.05) is 79.7 Å². The summed E-state index contributed by atoms with van der Waals surface area (Å²) in [5, 5.41) is 0. The van der Waals surface area contributed by atoms with Gasteiger partial charge in [0.1, 0.15) is 24.4 Å². The van der Waals surface area contributed by atoms with Crippen LogP contribution in [-0.4, -0.2) is 37.8 Å². The van der Waals surface area contributed by atoms with E-state index in [9.17, 15) is 9.59 Å². The Morgan fingerprint density at radius 3 is 2.39 bits per heavy atom. The Bertz CT molecular complexity index is 1590. The highest BCUT2D eigenvalue weighted by molar-refractivity contribution is 6.09. The number of allylic oxidation sites excluding steroid dienone is 2. The van der Waals surface area contributed by atoms with Crippen molar-refractivity contribution in [2.75, 3.05) is 14.2 Å². The second-order valence-corrected chi connectivity index (χ2v) is 11.9. The van der Waals surface area contributed by atoms with Gasteiger partial charge in [-0.15, -0.1) is 0 Å². The molecule has 0 radical (unpaired) electrons. The van der Waals surface area contributed by atoms with Crippen molar-refractivity contribution in [3.8, 4) is 17.2 Å². The van der Waals surface area contributed by atoms with Gasteiger partial charge in [0, 0.05) is 29.3 Å². The van der Waals surface area contributed by atoms with Gasteiger partial charge in [-0.05, 0) is 85.9 Å². The zero-order chi connectivity index (χ0) is 30.6. The quantitative estimate of drug-likeness (QED) is 0.241. The Morgan fingerprint density at radius 1 is 0.864 bits per heavy atom. The minimum Gasteiger partial charge on any atom is -0.493 e. The van der Waals surface area contributed by atoms with Crippen LogP contribution in [0.3, 0.4) is 0 Å². The average molecular weight is 594 g/mol. The summed E-state index contributed by atoms with van der Waals surface area (Å²) < 4.78 is 23.2. The van der Waals surface area contributed by atoms with Crippen molar-refractivity contribution in [2.45, 2.75) is 70.0 Å². The van der Waals surface area contributed by atoms with E-state index in [4.69, 9.17) is 23.9 Å². The number of hydrogen-bond acceptors (Lipinski definition) is 7. The van der Waals surface area contributed by atoms with E-state index < -0.39 is 11.8 Å². The number of ether oxygens (including phenoxy) is 4. The molecule has 7 heteroatoms. The molecular formula is C37H39NO6. The van der Waals surface area contributed by atoms with Crippen LogP contribution in [0, 0.1) is 5.92 Å². The Morgan fingerprint density at radius 2 is 1.64 bits per heavy atom. The molecule has 228 valence electrons. The molecule has 3 aromatic carbocycles. The molecule has 0 spiro atoms. The first-order chi connectivity index (χ1) is 21.4. The highest BCUT2D eigenvalue weighted by atomic mass is 16.5. The smallest absolute Gasteiger partial charge is 0.315 e. The zero-order valence-corrected chi connectivity index (χ0v) is 25.6. The standard InChI is InChI=1S/C37H39NO6/c1-23-34(37(40)44-28-13-7-8-14-28)35(26-12-9-15-29(18-26)43-22-24-10-5-4-6-11-24)36-30(38-23)19-27(20-31(36)39)25-16-17-32(41-2)33(21-25)42-3/h4-6,9-12,15-18,21,27-28,34-35H,7-8,13-14,19-20,22H2,1-3H3/t27-,34?,35+/m1/s1. The lowest BCUT2D eigenvalue weighted by molar-refractivity contribution is -0.151. The predicted molar refractivity (Wildman–Crippen MR) is 168 cm³/mol. The monoisotopic (exact) mass is 593 g/mol. The first-order valence-electron chi connectivity index (χ1n) is 15.5. The van der Waals surface area contributed by atoms with Gasteiger partial charge in [-0.2, -0.15) is 0 Å². The summed E-state index contributed by atoms with van der Waals surface area (Å²) in [6.45, 7) is 2.31. The molecule has 3 aliphatic rings. The summed E-state index contributed by atoms with van der Waals surface area (Å²) in [6, 6.07) is 23.6. The highest BCUT2D eigenvalue weighted by Gasteiger charge is 2.45. The minimum absolute atomic E-state index is 0.00144. The van der Waals surface area contributed by atoms with Gasteiger partial charge in [-0.25, -0.2) is 0 Å². The predicted octanol–water partition coefficient (Wildman–Crippen LogP) is 7.34. The lowest BCUT2D eigenvalue weighted by Crippen LogP contribution is -2.39. The summed E-state index contributed by atoms with van der Waals surface area (Å²) in [4.78, 5) is 32.9. The Hall–Kier alpha value is -4.39. The normalized spacial score (nSPS) is 21.8. The summed E-state index contributed by atoms with van der Waals surface area (Å²) in [6.07, 6.45) is 4.69. The number of hydrogen-bond donors (Lipinski definition) is 0. The van der Waals surface area contributed by atoms with Crippen LogP contribution < -0.4 is 14.2 Å². The Balaban J connectivity index is 1.35. The second kappa shape index (κ2) is 13.1. The Kier molecular flexibility index (Phi) is 8.82. The van der Waals surface area contributed by atoms with Crippen LogP contribution in [0.15, 0.2) is 89.1 Å². The minimum atomic E-state index is -0.680. The number of nitrogens with zero attached hydrogens (tertiary/aromatic N) is 1. The molecule has 3 aromatic rings. The van der Waals surface area contributed by atoms with Crippen molar-refractivity contribution in [3.05, 3.63) is 101 Å². The molecule has 44 heavy (non-hydrogen) atoms. The van der Waals surface area contributed by atoms with Gasteiger partial charge in [0.15, 0.2) is 17.3 Å². The van der Waals surface area contributed by atoms with Crippen molar-refractivity contribution in [2.24, 2.45) is 10.9 Å². The number of methoxy groups -OCH3 is 2.